The predicted octanol–water partition coefficient (Wildman–Crippen LogP) is 8.18. The molecule has 1 aliphatic heterocycles. The first kappa shape index (κ1) is 29.8. The highest BCUT2D eigenvalue weighted by Crippen LogP contribution is 2.44. The lowest BCUT2D eigenvalue weighted by Gasteiger charge is -2.37. The molecule has 0 aliphatic carbocycles. The molecule has 1 aliphatic rings. The van der Waals surface area contributed by atoms with Crippen molar-refractivity contribution in [1.82, 2.24) is 14.7 Å². The Hall–Kier alpha value is -4.91. The van der Waals surface area contributed by atoms with Gasteiger partial charge in [-0.05, 0) is 79.0 Å². The summed E-state index contributed by atoms with van der Waals surface area (Å²) >= 11 is 6.62. The number of piperidine rings is 1. The Labute approximate surface area is 273 Å². The van der Waals surface area contributed by atoms with Crippen molar-refractivity contribution in [2.24, 2.45) is 5.92 Å². The number of rotatable bonds is 7. The molecule has 6 nitrogen and oxygen atoms in total. The van der Waals surface area contributed by atoms with Gasteiger partial charge in [-0.1, -0.05) is 109 Å². The van der Waals surface area contributed by atoms with E-state index < -0.39 is 5.54 Å². The van der Waals surface area contributed by atoms with Crippen molar-refractivity contribution in [3.8, 4) is 16.9 Å². The van der Waals surface area contributed by atoms with Gasteiger partial charge in [-0.15, -0.1) is 0 Å². The van der Waals surface area contributed by atoms with Crippen molar-refractivity contribution in [2.45, 2.75) is 18.4 Å². The standard InChI is InChI=1S/C39H35ClN4O2/c1-43-23-11-12-28(26-43)38(46)41-37-34-24-27(33-21-20-32(45)25-35(33)40)19-22-36(34)44(42-37)39(29-13-5-2-6-14-29,30-15-7-3-8-16-30)31-17-9-4-10-18-31/h2-10,13-22,24-25,28,45H,11-12,23,26H2,1H3,(H,41,42,46). The highest BCUT2D eigenvalue weighted by atomic mass is 35.5. The van der Waals surface area contributed by atoms with Crippen LogP contribution in [0.5, 0.6) is 5.75 Å². The van der Waals surface area contributed by atoms with Crippen LogP contribution in [0.2, 0.25) is 5.02 Å². The van der Waals surface area contributed by atoms with Crippen molar-refractivity contribution in [3.05, 3.63) is 149 Å². The normalized spacial score (nSPS) is 15.6. The minimum Gasteiger partial charge on any atom is -0.508 e. The molecule has 1 aromatic heterocycles. The zero-order valence-electron chi connectivity index (χ0n) is 25.6. The fraction of sp³-hybridized carbons (Fsp3) is 0.179. The van der Waals surface area contributed by atoms with Gasteiger partial charge in [0, 0.05) is 17.5 Å². The molecule has 7 heteroatoms. The number of phenols is 1. The number of aromatic hydroxyl groups is 1. The third-order valence-electron chi connectivity index (χ3n) is 9.07. The quantitative estimate of drug-likeness (QED) is 0.175. The largest absolute Gasteiger partial charge is 0.508 e. The number of hydrogen-bond acceptors (Lipinski definition) is 4. The van der Waals surface area contributed by atoms with E-state index in [9.17, 15) is 9.90 Å². The number of halogens is 1. The van der Waals surface area contributed by atoms with Gasteiger partial charge < -0.3 is 15.3 Å². The highest BCUT2D eigenvalue weighted by molar-refractivity contribution is 6.33. The first-order chi connectivity index (χ1) is 22.4. The molecule has 1 fully saturated rings. The van der Waals surface area contributed by atoms with E-state index in [0.717, 1.165) is 58.1 Å². The summed E-state index contributed by atoms with van der Waals surface area (Å²) in [7, 11) is 2.06. The lowest BCUT2D eigenvalue weighted by Crippen LogP contribution is -2.39. The van der Waals surface area contributed by atoms with Crippen LogP contribution >= 0.6 is 11.6 Å². The van der Waals surface area contributed by atoms with Crippen LogP contribution in [0.3, 0.4) is 0 Å². The Balaban J connectivity index is 1.51. The van der Waals surface area contributed by atoms with Crippen molar-refractivity contribution >= 4 is 34.2 Å². The molecule has 7 rings (SSSR count). The third kappa shape index (κ3) is 5.34. The second kappa shape index (κ2) is 12.5. The Kier molecular flexibility index (Phi) is 8.07. The van der Waals surface area contributed by atoms with Crippen LogP contribution in [0.25, 0.3) is 22.0 Å². The number of nitrogens with one attached hydrogen (secondary N) is 1. The summed E-state index contributed by atoms with van der Waals surface area (Å²) in [6, 6.07) is 42.2. The van der Waals surface area contributed by atoms with Gasteiger partial charge in [-0.3, -0.25) is 4.79 Å². The molecular weight excluding hydrogens is 592 g/mol. The van der Waals surface area contributed by atoms with Gasteiger partial charge in [0.05, 0.1) is 16.5 Å². The molecule has 2 N–H and O–H groups in total. The van der Waals surface area contributed by atoms with Crippen LogP contribution in [-0.2, 0) is 10.3 Å². The van der Waals surface area contributed by atoms with Crippen LogP contribution < -0.4 is 5.32 Å². The molecule has 0 spiro atoms. The average Bonchev–Trinajstić information content (AvgIpc) is 3.44. The minimum absolute atomic E-state index is 0.0316. The van der Waals surface area contributed by atoms with E-state index in [1.807, 2.05) is 36.4 Å². The maximum Gasteiger partial charge on any atom is 0.229 e. The first-order valence-electron chi connectivity index (χ1n) is 15.6. The molecular formula is C39H35ClN4O2. The first-order valence-corrected chi connectivity index (χ1v) is 16.0. The van der Waals surface area contributed by atoms with Gasteiger partial charge in [-0.2, -0.15) is 5.10 Å². The number of likely N-dealkylation sites (tertiary alicyclic amines) is 1. The summed E-state index contributed by atoms with van der Waals surface area (Å²) in [4.78, 5) is 16.0. The van der Waals surface area contributed by atoms with E-state index in [1.54, 1.807) is 6.07 Å². The Bertz CT molecular complexity index is 1900. The van der Waals surface area contributed by atoms with Crippen LogP contribution in [0.1, 0.15) is 29.5 Å². The number of fused-ring (bicyclic) bond motifs is 1. The molecule has 5 aromatic carbocycles. The minimum atomic E-state index is -0.867. The number of phenolic OH excluding ortho intramolecular Hbond substituents is 1. The van der Waals surface area contributed by atoms with Gasteiger partial charge in [0.2, 0.25) is 5.91 Å². The zero-order chi connectivity index (χ0) is 31.7. The van der Waals surface area contributed by atoms with Gasteiger partial charge in [0.25, 0.3) is 0 Å². The lowest BCUT2D eigenvalue weighted by atomic mass is 9.77. The molecule has 0 bridgehead atoms. The van der Waals surface area contributed by atoms with Gasteiger partial charge in [-0.25, -0.2) is 4.68 Å². The number of hydrogen-bond donors (Lipinski definition) is 2. The van der Waals surface area contributed by atoms with Crippen LogP contribution in [0, 0.1) is 5.92 Å². The smallest absolute Gasteiger partial charge is 0.229 e. The summed E-state index contributed by atoms with van der Waals surface area (Å²) in [6.07, 6.45) is 1.82. The highest BCUT2D eigenvalue weighted by Gasteiger charge is 2.41. The SMILES string of the molecule is CN1CCCC(C(=O)Nc2nn(C(c3ccccc3)(c3ccccc3)c3ccccc3)c3ccc(-c4ccc(O)cc4Cl)cc23)C1. The van der Waals surface area contributed by atoms with E-state index in [4.69, 9.17) is 16.7 Å². The molecule has 0 radical (unpaired) electrons. The molecule has 1 amide bonds. The monoisotopic (exact) mass is 626 g/mol. The van der Waals surface area contributed by atoms with Crippen LogP contribution in [-0.4, -0.2) is 45.8 Å². The van der Waals surface area contributed by atoms with Gasteiger partial charge in [0.1, 0.15) is 11.3 Å². The summed E-state index contributed by atoms with van der Waals surface area (Å²) < 4.78 is 2.06. The topological polar surface area (TPSA) is 70.4 Å². The number of aromatic nitrogens is 2. The van der Waals surface area contributed by atoms with E-state index in [1.165, 1.54) is 6.07 Å². The Morgan fingerprint density at radius 1 is 0.848 bits per heavy atom. The van der Waals surface area contributed by atoms with E-state index in [-0.39, 0.29) is 17.6 Å². The Morgan fingerprint density at radius 2 is 1.46 bits per heavy atom. The Morgan fingerprint density at radius 3 is 2.02 bits per heavy atom. The molecule has 1 saturated heterocycles. The third-order valence-corrected chi connectivity index (χ3v) is 9.39. The summed E-state index contributed by atoms with van der Waals surface area (Å²) in [5, 5.41) is 19.8. The second-order valence-corrected chi connectivity index (χ2v) is 12.5. The fourth-order valence-electron chi connectivity index (χ4n) is 6.88. The number of benzene rings is 5. The predicted molar refractivity (Wildman–Crippen MR) is 185 cm³/mol. The van der Waals surface area contributed by atoms with Crippen molar-refractivity contribution in [2.75, 3.05) is 25.5 Å². The van der Waals surface area contributed by atoms with Gasteiger partial charge in [0.15, 0.2) is 5.82 Å². The van der Waals surface area contributed by atoms with Crippen LogP contribution in [0.4, 0.5) is 5.82 Å². The van der Waals surface area contributed by atoms with Gasteiger partial charge >= 0.3 is 0 Å². The molecule has 0 saturated carbocycles. The zero-order valence-corrected chi connectivity index (χ0v) is 26.4. The maximum absolute atomic E-state index is 13.8. The molecule has 230 valence electrons. The summed E-state index contributed by atoms with van der Waals surface area (Å²) in [5.41, 5.74) is 4.73. The number of nitrogens with zero attached hydrogens (tertiary/aromatic N) is 3. The van der Waals surface area contributed by atoms with E-state index in [2.05, 4.69) is 101 Å². The van der Waals surface area contributed by atoms with Crippen molar-refractivity contribution in [3.63, 3.8) is 0 Å². The van der Waals surface area contributed by atoms with Crippen molar-refractivity contribution < 1.29 is 9.90 Å². The van der Waals surface area contributed by atoms with Crippen LogP contribution in [0.15, 0.2) is 127 Å². The number of carbonyl (C=O) groups excluding carboxylic acids is 1. The maximum atomic E-state index is 13.8. The van der Waals surface area contributed by atoms with E-state index >= 15 is 0 Å². The number of amides is 1. The fourth-order valence-corrected chi connectivity index (χ4v) is 7.16. The summed E-state index contributed by atoms with van der Waals surface area (Å²) in [5.74, 6) is 0.440. The lowest BCUT2D eigenvalue weighted by molar-refractivity contribution is -0.121. The van der Waals surface area contributed by atoms with Crippen molar-refractivity contribution in [1.29, 1.82) is 0 Å². The van der Waals surface area contributed by atoms with E-state index in [0.29, 0.717) is 17.4 Å². The molecule has 1 unspecified atom stereocenters. The molecule has 1 atom stereocenters. The number of anilines is 1. The average molecular weight is 627 g/mol. The summed E-state index contributed by atoms with van der Waals surface area (Å²) in [6.45, 7) is 1.70. The number of carbonyl (C=O) groups is 1. The molecule has 6 aromatic rings. The molecule has 2 heterocycles. The molecule has 46 heavy (non-hydrogen) atoms. The second-order valence-electron chi connectivity index (χ2n) is 12.1.